The highest BCUT2D eigenvalue weighted by Gasteiger charge is 2.30. The Bertz CT molecular complexity index is 302. The smallest absolute Gasteiger partial charge is 0.169 e. The van der Waals surface area contributed by atoms with Gasteiger partial charge in [-0.1, -0.05) is 29.8 Å². The zero-order chi connectivity index (χ0) is 10.0. The van der Waals surface area contributed by atoms with E-state index in [0.29, 0.717) is 6.79 Å². The van der Waals surface area contributed by atoms with Crippen molar-refractivity contribution in [3.8, 4) is 0 Å². The van der Waals surface area contributed by atoms with E-state index in [4.69, 9.17) is 9.57 Å². The fourth-order valence-corrected chi connectivity index (χ4v) is 1.55. The zero-order valence-corrected chi connectivity index (χ0v) is 8.54. The zero-order valence-electron chi connectivity index (χ0n) is 8.54. The predicted octanol–water partition coefficient (Wildman–Crippen LogP) is 1.76. The molecule has 1 atom stereocenters. The first kappa shape index (κ1) is 9.65. The van der Waals surface area contributed by atoms with Crippen molar-refractivity contribution in [2.75, 3.05) is 6.79 Å². The van der Waals surface area contributed by atoms with Gasteiger partial charge in [-0.05, 0) is 19.4 Å². The van der Waals surface area contributed by atoms with Crippen molar-refractivity contribution in [2.45, 2.75) is 26.0 Å². The minimum Gasteiger partial charge on any atom is -0.331 e. The van der Waals surface area contributed by atoms with Crippen LogP contribution < -0.4 is 5.48 Å². The maximum Gasteiger partial charge on any atom is 0.169 e. The average molecular weight is 193 g/mol. The number of rotatable bonds is 2. The van der Waals surface area contributed by atoms with Crippen LogP contribution in [0.3, 0.4) is 0 Å². The van der Waals surface area contributed by atoms with E-state index in [1.165, 1.54) is 11.1 Å². The van der Waals surface area contributed by atoms with Crippen LogP contribution in [-0.2, 0) is 16.0 Å². The van der Waals surface area contributed by atoms with Gasteiger partial charge in [0.05, 0.1) is 0 Å². The minimum absolute atomic E-state index is 0.322. The molecule has 1 saturated heterocycles. The van der Waals surface area contributed by atoms with Crippen LogP contribution in [0.2, 0.25) is 0 Å². The van der Waals surface area contributed by atoms with Crippen LogP contribution in [0.5, 0.6) is 0 Å². The maximum absolute atomic E-state index is 5.44. The van der Waals surface area contributed by atoms with Crippen molar-refractivity contribution in [1.82, 2.24) is 5.48 Å². The summed E-state index contributed by atoms with van der Waals surface area (Å²) in [6.45, 7) is 4.39. The molecular weight excluding hydrogens is 178 g/mol. The third kappa shape index (κ3) is 2.12. The maximum atomic E-state index is 5.44. The Morgan fingerprint density at radius 2 is 2.07 bits per heavy atom. The first-order valence-electron chi connectivity index (χ1n) is 4.76. The SMILES string of the molecule is Cc1ccc(CC2(C)NOCO2)cc1. The van der Waals surface area contributed by atoms with Crippen molar-refractivity contribution < 1.29 is 9.57 Å². The highest BCUT2D eigenvalue weighted by Crippen LogP contribution is 2.18. The van der Waals surface area contributed by atoms with Gasteiger partial charge in [-0.25, -0.2) is 0 Å². The molecule has 1 aromatic carbocycles. The highest BCUT2D eigenvalue weighted by atomic mass is 16.8. The van der Waals surface area contributed by atoms with Crippen LogP contribution in [0, 0.1) is 6.92 Å². The van der Waals surface area contributed by atoms with Gasteiger partial charge < -0.3 is 4.74 Å². The molecule has 76 valence electrons. The minimum atomic E-state index is -0.380. The molecule has 1 aliphatic heterocycles. The van der Waals surface area contributed by atoms with E-state index in [2.05, 4.69) is 36.7 Å². The number of hydrogen-bond donors (Lipinski definition) is 1. The lowest BCUT2D eigenvalue weighted by molar-refractivity contribution is 0.00111. The Balaban J connectivity index is 2.06. The molecule has 1 unspecified atom stereocenters. The molecule has 0 aromatic heterocycles. The average Bonchev–Trinajstić information content (AvgIpc) is 2.57. The van der Waals surface area contributed by atoms with Gasteiger partial charge in [-0.3, -0.25) is 4.84 Å². The summed E-state index contributed by atoms with van der Waals surface area (Å²) in [5, 5.41) is 0. The van der Waals surface area contributed by atoms with Gasteiger partial charge in [-0.2, -0.15) is 5.48 Å². The molecule has 0 aliphatic carbocycles. The lowest BCUT2D eigenvalue weighted by atomic mass is 10.0. The molecule has 2 rings (SSSR count). The molecule has 14 heavy (non-hydrogen) atoms. The normalized spacial score (nSPS) is 26.7. The summed E-state index contributed by atoms with van der Waals surface area (Å²) in [5.41, 5.74) is 5.01. The largest absolute Gasteiger partial charge is 0.331 e. The van der Waals surface area contributed by atoms with Crippen LogP contribution >= 0.6 is 0 Å². The number of nitrogens with one attached hydrogen (secondary N) is 1. The lowest BCUT2D eigenvalue weighted by Gasteiger charge is -2.21. The third-order valence-electron chi connectivity index (χ3n) is 2.39. The van der Waals surface area contributed by atoms with E-state index in [1.807, 2.05) is 6.92 Å². The Hall–Kier alpha value is -0.900. The number of ether oxygens (including phenoxy) is 1. The fourth-order valence-electron chi connectivity index (χ4n) is 1.55. The predicted molar refractivity (Wildman–Crippen MR) is 53.5 cm³/mol. The summed E-state index contributed by atoms with van der Waals surface area (Å²) in [5.74, 6) is 0. The van der Waals surface area contributed by atoms with Crippen LogP contribution in [0.4, 0.5) is 0 Å². The quantitative estimate of drug-likeness (QED) is 0.776. The van der Waals surface area contributed by atoms with Gasteiger partial charge in [0.1, 0.15) is 5.72 Å². The summed E-state index contributed by atoms with van der Waals surface area (Å²) < 4.78 is 5.44. The Labute approximate surface area is 84.0 Å². The molecule has 1 aromatic rings. The van der Waals surface area contributed by atoms with Gasteiger partial charge in [-0.15, -0.1) is 0 Å². The summed E-state index contributed by atoms with van der Waals surface area (Å²) in [6, 6.07) is 8.44. The summed E-state index contributed by atoms with van der Waals surface area (Å²) >= 11 is 0. The molecule has 3 heteroatoms. The second-order valence-electron chi connectivity index (χ2n) is 3.90. The standard InChI is InChI=1S/C11H15NO2/c1-9-3-5-10(6-4-9)7-11(2)12-14-8-13-11/h3-6,12H,7-8H2,1-2H3. The van der Waals surface area contributed by atoms with Crippen molar-refractivity contribution in [3.63, 3.8) is 0 Å². The summed E-state index contributed by atoms with van der Waals surface area (Å²) in [7, 11) is 0. The van der Waals surface area contributed by atoms with Gasteiger partial charge >= 0.3 is 0 Å². The molecule has 0 saturated carbocycles. The molecule has 0 bridgehead atoms. The van der Waals surface area contributed by atoms with E-state index < -0.39 is 0 Å². The number of aryl methyl sites for hydroxylation is 1. The topological polar surface area (TPSA) is 30.5 Å². The van der Waals surface area contributed by atoms with Crippen molar-refractivity contribution >= 4 is 0 Å². The monoisotopic (exact) mass is 193 g/mol. The van der Waals surface area contributed by atoms with Crippen molar-refractivity contribution in [2.24, 2.45) is 0 Å². The van der Waals surface area contributed by atoms with Crippen LogP contribution in [-0.4, -0.2) is 12.5 Å². The third-order valence-corrected chi connectivity index (χ3v) is 2.39. The Kier molecular flexibility index (Phi) is 2.54. The number of hydroxylamine groups is 1. The van der Waals surface area contributed by atoms with E-state index >= 15 is 0 Å². The molecule has 0 amide bonds. The van der Waals surface area contributed by atoms with Gasteiger partial charge in [0.25, 0.3) is 0 Å². The Morgan fingerprint density at radius 3 is 2.64 bits per heavy atom. The van der Waals surface area contributed by atoms with Gasteiger partial charge in [0.2, 0.25) is 0 Å². The van der Waals surface area contributed by atoms with Crippen LogP contribution in [0.1, 0.15) is 18.1 Å². The molecular formula is C11H15NO2. The number of benzene rings is 1. The second-order valence-corrected chi connectivity index (χ2v) is 3.90. The Morgan fingerprint density at radius 1 is 1.36 bits per heavy atom. The van der Waals surface area contributed by atoms with E-state index in [-0.39, 0.29) is 5.72 Å². The molecule has 1 N–H and O–H groups in total. The lowest BCUT2D eigenvalue weighted by Crippen LogP contribution is -2.39. The molecule has 1 aliphatic rings. The fraction of sp³-hybridized carbons (Fsp3) is 0.455. The van der Waals surface area contributed by atoms with Crippen LogP contribution in [0.15, 0.2) is 24.3 Å². The highest BCUT2D eigenvalue weighted by molar-refractivity contribution is 5.22. The van der Waals surface area contributed by atoms with E-state index in [1.54, 1.807) is 0 Å². The van der Waals surface area contributed by atoms with E-state index in [9.17, 15) is 0 Å². The van der Waals surface area contributed by atoms with Crippen molar-refractivity contribution in [1.29, 1.82) is 0 Å². The molecule has 0 spiro atoms. The molecule has 3 nitrogen and oxygen atoms in total. The summed E-state index contributed by atoms with van der Waals surface area (Å²) in [6.07, 6.45) is 0.813. The summed E-state index contributed by atoms with van der Waals surface area (Å²) in [4.78, 5) is 4.98. The van der Waals surface area contributed by atoms with E-state index in [0.717, 1.165) is 6.42 Å². The first-order chi connectivity index (χ1) is 6.68. The molecule has 0 radical (unpaired) electrons. The number of hydrogen-bond acceptors (Lipinski definition) is 3. The molecule has 1 heterocycles. The second kappa shape index (κ2) is 3.69. The first-order valence-corrected chi connectivity index (χ1v) is 4.76. The molecule has 1 fully saturated rings. The van der Waals surface area contributed by atoms with Gasteiger partial charge in [0, 0.05) is 6.42 Å². The van der Waals surface area contributed by atoms with Crippen molar-refractivity contribution in [3.05, 3.63) is 35.4 Å². The van der Waals surface area contributed by atoms with Crippen LogP contribution in [0.25, 0.3) is 0 Å². The van der Waals surface area contributed by atoms with Gasteiger partial charge in [0.15, 0.2) is 6.79 Å².